The zero-order valence-corrected chi connectivity index (χ0v) is 13.4. The summed E-state index contributed by atoms with van der Waals surface area (Å²) in [7, 11) is 7.87. The van der Waals surface area contributed by atoms with Gasteiger partial charge < -0.3 is 20.9 Å². The number of nitrogen functional groups attached to an aromatic ring is 1. The Labute approximate surface area is 121 Å². The Morgan fingerprint density at radius 3 is 2.25 bits per heavy atom. The molecule has 1 unspecified atom stereocenters. The van der Waals surface area contributed by atoms with Crippen LogP contribution in [-0.2, 0) is 0 Å². The molecule has 0 saturated heterocycles. The molecule has 0 aliphatic heterocycles. The van der Waals surface area contributed by atoms with E-state index in [0.29, 0.717) is 17.8 Å². The van der Waals surface area contributed by atoms with Crippen LogP contribution in [0.25, 0.3) is 0 Å². The molecule has 0 fully saturated rings. The third-order valence-electron chi connectivity index (χ3n) is 2.72. The number of rotatable bonds is 7. The van der Waals surface area contributed by atoms with Gasteiger partial charge in [-0.1, -0.05) is 13.8 Å². The van der Waals surface area contributed by atoms with Crippen LogP contribution < -0.4 is 16.0 Å². The van der Waals surface area contributed by atoms with Gasteiger partial charge in [0.05, 0.1) is 0 Å². The van der Waals surface area contributed by atoms with Gasteiger partial charge in [0.1, 0.15) is 0 Å². The van der Waals surface area contributed by atoms with E-state index in [2.05, 4.69) is 53.1 Å². The zero-order chi connectivity index (χ0) is 15.3. The van der Waals surface area contributed by atoms with Crippen molar-refractivity contribution in [2.24, 2.45) is 5.92 Å². The molecule has 0 aliphatic carbocycles. The fourth-order valence-corrected chi connectivity index (χ4v) is 2.02. The second-order valence-electron chi connectivity index (χ2n) is 5.94. The molecule has 0 aromatic carbocycles. The number of hydrogen-bond acceptors (Lipinski definition) is 7. The molecule has 0 saturated carbocycles. The number of hydrogen-bond donors (Lipinski definition) is 2. The number of anilines is 3. The van der Waals surface area contributed by atoms with Gasteiger partial charge in [-0.15, -0.1) is 0 Å². The summed E-state index contributed by atoms with van der Waals surface area (Å²) in [5, 5.41) is 3.37. The Bertz CT molecular complexity index is 407. The highest BCUT2D eigenvalue weighted by Crippen LogP contribution is 2.13. The SMILES string of the molecule is CC(C)CC(CN(C)C)Nc1nc(N)nc(N(C)C)n1. The van der Waals surface area contributed by atoms with Crippen LogP contribution in [0.4, 0.5) is 17.8 Å². The fraction of sp³-hybridized carbons (Fsp3) is 0.769. The van der Waals surface area contributed by atoms with Gasteiger partial charge in [0.15, 0.2) is 0 Å². The largest absolute Gasteiger partial charge is 0.368 e. The smallest absolute Gasteiger partial charge is 0.231 e. The Morgan fingerprint density at radius 2 is 1.75 bits per heavy atom. The number of nitrogens with two attached hydrogens (primary N) is 1. The molecule has 1 atom stereocenters. The molecule has 3 N–H and O–H groups in total. The first-order valence-corrected chi connectivity index (χ1v) is 6.88. The molecule has 7 heteroatoms. The number of nitrogens with one attached hydrogen (secondary N) is 1. The second kappa shape index (κ2) is 7.23. The Balaban J connectivity index is 2.86. The lowest BCUT2D eigenvalue weighted by Crippen LogP contribution is -2.34. The molecule has 114 valence electrons. The average molecular weight is 281 g/mol. The van der Waals surface area contributed by atoms with Gasteiger partial charge in [0, 0.05) is 26.7 Å². The van der Waals surface area contributed by atoms with Crippen molar-refractivity contribution >= 4 is 17.8 Å². The lowest BCUT2D eigenvalue weighted by molar-refractivity contribution is 0.355. The van der Waals surface area contributed by atoms with Gasteiger partial charge in [-0.3, -0.25) is 0 Å². The summed E-state index contributed by atoms with van der Waals surface area (Å²) < 4.78 is 0. The van der Waals surface area contributed by atoms with E-state index in [1.54, 1.807) is 0 Å². The lowest BCUT2D eigenvalue weighted by Gasteiger charge is -2.24. The van der Waals surface area contributed by atoms with Gasteiger partial charge in [-0.2, -0.15) is 15.0 Å². The number of likely N-dealkylation sites (N-methyl/N-ethyl adjacent to an activating group) is 1. The van der Waals surface area contributed by atoms with Gasteiger partial charge in [0.25, 0.3) is 0 Å². The van der Waals surface area contributed by atoms with Crippen molar-refractivity contribution in [2.45, 2.75) is 26.3 Å². The standard InChI is InChI=1S/C13H27N7/c1-9(2)7-10(8-19(3)4)15-12-16-11(14)17-13(18-12)20(5)6/h9-10H,7-8H2,1-6H3,(H3,14,15,16,17,18). The van der Waals surface area contributed by atoms with Crippen LogP contribution in [-0.4, -0.2) is 60.6 Å². The molecule has 0 bridgehead atoms. The molecule has 1 aromatic rings. The molecular weight excluding hydrogens is 254 g/mol. The van der Waals surface area contributed by atoms with E-state index in [-0.39, 0.29) is 12.0 Å². The summed E-state index contributed by atoms with van der Waals surface area (Å²) in [5.74, 6) is 1.93. The van der Waals surface area contributed by atoms with Crippen molar-refractivity contribution < 1.29 is 0 Å². The second-order valence-corrected chi connectivity index (χ2v) is 5.94. The van der Waals surface area contributed by atoms with E-state index in [1.165, 1.54) is 0 Å². The van der Waals surface area contributed by atoms with E-state index in [4.69, 9.17) is 5.73 Å². The molecule has 7 nitrogen and oxygen atoms in total. The van der Waals surface area contributed by atoms with Crippen LogP contribution in [0.1, 0.15) is 20.3 Å². The summed E-state index contributed by atoms with van der Waals surface area (Å²) in [6.07, 6.45) is 1.04. The topological polar surface area (TPSA) is 83.2 Å². The Morgan fingerprint density at radius 1 is 1.10 bits per heavy atom. The monoisotopic (exact) mass is 281 g/mol. The van der Waals surface area contributed by atoms with E-state index in [0.717, 1.165) is 13.0 Å². The van der Waals surface area contributed by atoms with Gasteiger partial charge in [0.2, 0.25) is 17.8 Å². The molecule has 1 aromatic heterocycles. The third-order valence-corrected chi connectivity index (χ3v) is 2.72. The quantitative estimate of drug-likeness (QED) is 0.768. The number of nitrogens with zero attached hydrogens (tertiary/aromatic N) is 5. The summed E-state index contributed by atoms with van der Waals surface area (Å²) in [4.78, 5) is 16.6. The highest BCUT2D eigenvalue weighted by molar-refractivity contribution is 5.41. The molecule has 0 spiro atoms. The Kier molecular flexibility index (Phi) is 5.94. The summed E-state index contributed by atoms with van der Waals surface area (Å²) >= 11 is 0. The Hall–Kier alpha value is -1.63. The highest BCUT2D eigenvalue weighted by atomic mass is 15.3. The zero-order valence-electron chi connectivity index (χ0n) is 13.4. The minimum absolute atomic E-state index is 0.236. The highest BCUT2D eigenvalue weighted by Gasteiger charge is 2.15. The first-order chi connectivity index (χ1) is 9.27. The summed E-state index contributed by atoms with van der Waals surface area (Å²) in [5.41, 5.74) is 5.74. The van der Waals surface area contributed by atoms with Crippen molar-refractivity contribution in [3.05, 3.63) is 0 Å². The van der Waals surface area contributed by atoms with Crippen molar-refractivity contribution in [1.82, 2.24) is 19.9 Å². The summed E-state index contributed by atoms with van der Waals surface area (Å²) in [6, 6.07) is 0.279. The molecule has 1 heterocycles. The number of aromatic nitrogens is 3. The molecule has 0 amide bonds. The average Bonchev–Trinajstić information content (AvgIpc) is 2.25. The van der Waals surface area contributed by atoms with Crippen LogP contribution in [0.5, 0.6) is 0 Å². The van der Waals surface area contributed by atoms with Crippen LogP contribution in [0, 0.1) is 5.92 Å². The van der Waals surface area contributed by atoms with Crippen LogP contribution in [0.3, 0.4) is 0 Å². The third kappa shape index (κ3) is 5.56. The van der Waals surface area contributed by atoms with Crippen molar-refractivity contribution in [1.29, 1.82) is 0 Å². The predicted octanol–water partition coefficient (Wildman–Crippen LogP) is 0.908. The molecule has 0 aliphatic rings. The fourth-order valence-electron chi connectivity index (χ4n) is 2.02. The summed E-state index contributed by atoms with van der Waals surface area (Å²) in [6.45, 7) is 5.33. The molecule has 0 radical (unpaired) electrons. The van der Waals surface area contributed by atoms with Gasteiger partial charge >= 0.3 is 0 Å². The van der Waals surface area contributed by atoms with Crippen molar-refractivity contribution in [2.75, 3.05) is 50.7 Å². The molecule has 1 rings (SSSR count). The molecule has 20 heavy (non-hydrogen) atoms. The lowest BCUT2D eigenvalue weighted by atomic mass is 10.0. The predicted molar refractivity (Wildman–Crippen MR) is 84.0 cm³/mol. The van der Waals surface area contributed by atoms with E-state index < -0.39 is 0 Å². The van der Waals surface area contributed by atoms with Crippen molar-refractivity contribution in [3.8, 4) is 0 Å². The van der Waals surface area contributed by atoms with Gasteiger partial charge in [-0.25, -0.2) is 0 Å². The minimum Gasteiger partial charge on any atom is -0.368 e. The van der Waals surface area contributed by atoms with Crippen molar-refractivity contribution in [3.63, 3.8) is 0 Å². The van der Waals surface area contributed by atoms with Crippen LogP contribution in [0.2, 0.25) is 0 Å². The first-order valence-electron chi connectivity index (χ1n) is 6.88. The normalized spacial score (nSPS) is 12.8. The van der Waals surface area contributed by atoms with Gasteiger partial charge in [-0.05, 0) is 26.4 Å². The van der Waals surface area contributed by atoms with E-state index in [1.807, 2.05) is 19.0 Å². The van der Waals surface area contributed by atoms with Crippen LogP contribution >= 0.6 is 0 Å². The first kappa shape index (κ1) is 16.4. The maximum atomic E-state index is 5.74. The minimum atomic E-state index is 0.236. The van der Waals surface area contributed by atoms with E-state index >= 15 is 0 Å². The van der Waals surface area contributed by atoms with Crippen LogP contribution in [0.15, 0.2) is 0 Å². The maximum absolute atomic E-state index is 5.74. The van der Waals surface area contributed by atoms with E-state index in [9.17, 15) is 0 Å². The molecular formula is C13H27N7. The maximum Gasteiger partial charge on any atom is 0.231 e.